The van der Waals surface area contributed by atoms with E-state index in [1.54, 1.807) is 12.1 Å². The minimum Gasteiger partial charge on any atom is -0.267 e. The maximum absolute atomic E-state index is 11.8. The number of benzene rings is 1. The van der Waals surface area contributed by atoms with Crippen LogP contribution in [0.2, 0.25) is 0 Å². The Kier molecular flexibility index (Phi) is 3.91. The lowest BCUT2D eigenvalue weighted by molar-refractivity contribution is 0.0954. The molecule has 1 aliphatic rings. The monoisotopic (exact) mass is 230 g/mol. The van der Waals surface area contributed by atoms with E-state index in [-0.39, 0.29) is 5.91 Å². The summed E-state index contributed by atoms with van der Waals surface area (Å²) in [6.07, 6.45) is 4.65. The van der Waals surface area contributed by atoms with E-state index in [0.717, 1.165) is 12.1 Å². The van der Waals surface area contributed by atoms with Crippen LogP contribution >= 0.6 is 0 Å². The van der Waals surface area contributed by atoms with Gasteiger partial charge in [0.15, 0.2) is 0 Å². The average molecular weight is 230 g/mol. The first kappa shape index (κ1) is 11.8. The van der Waals surface area contributed by atoms with Gasteiger partial charge in [0.1, 0.15) is 0 Å². The first-order chi connectivity index (χ1) is 8.27. The van der Waals surface area contributed by atoms with Gasteiger partial charge in [0, 0.05) is 11.3 Å². The fourth-order valence-electron chi connectivity index (χ4n) is 2.11. The zero-order chi connectivity index (χ0) is 12.1. The van der Waals surface area contributed by atoms with E-state index in [0.29, 0.717) is 11.5 Å². The largest absolute Gasteiger partial charge is 0.271 e. The van der Waals surface area contributed by atoms with E-state index in [1.807, 2.05) is 18.2 Å². The molecule has 1 atom stereocenters. The number of nitrogens with one attached hydrogen (secondary N) is 1. The number of hydrogen-bond acceptors (Lipinski definition) is 2. The highest BCUT2D eigenvalue weighted by atomic mass is 16.2. The van der Waals surface area contributed by atoms with Crippen LogP contribution in [0.4, 0.5) is 0 Å². The van der Waals surface area contributed by atoms with Gasteiger partial charge in [0.05, 0.1) is 0 Å². The fourth-order valence-corrected chi connectivity index (χ4v) is 2.11. The van der Waals surface area contributed by atoms with Gasteiger partial charge in [0.25, 0.3) is 5.91 Å². The molecule has 1 aromatic rings. The molecule has 0 heterocycles. The Morgan fingerprint density at radius 2 is 2.06 bits per heavy atom. The molecule has 17 heavy (non-hydrogen) atoms. The molecule has 1 amide bonds. The first-order valence-corrected chi connectivity index (χ1v) is 6.19. The molecular weight excluding hydrogens is 212 g/mol. The highest BCUT2D eigenvalue weighted by Gasteiger charge is 2.16. The van der Waals surface area contributed by atoms with Crippen LogP contribution in [0.5, 0.6) is 0 Å². The normalized spacial score (nSPS) is 22.4. The van der Waals surface area contributed by atoms with E-state index < -0.39 is 0 Å². The Labute approximate surface area is 102 Å². The Morgan fingerprint density at radius 3 is 2.76 bits per heavy atom. The summed E-state index contributed by atoms with van der Waals surface area (Å²) in [7, 11) is 0. The van der Waals surface area contributed by atoms with Gasteiger partial charge in [-0.05, 0) is 37.3 Å². The number of hydrogen-bond donors (Lipinski definition) is 1. The lowest BCUT2D eigenvalue weighted by atomic mass is 9.89. The van der Waals surface area contributed by atoms with Gasteiger partial charge in [-0.25, -0.2) is 5.43 Å². The number of carbonyl (C=O) groups is 1. The van der Waals surface area contributed by atoms with E-state index >= 15 is 0 Å². The zero-order valence-corrected chi connectivity index (χ0v) is 10.1. The highest BCUT2D eigenvalue weighted by Crippen LogP contribution is 2.20. The Hall–Kier alpha value is -1.64. The van der Waals surface area contributed by atoms with Crippen molar-refractivity contribution in [3.8, 4) is 0 Å². The molecule has 1 fully saturated rings. The van der Waals surface area contributed by atoms with Crippen molar-refractivity contribution in [2.75, 3.05) is 0 Å². The molecule has 2 rings (SSSR count). The van der Waals surface area contributed by atoms with Crippen LogP contribution in [0.3, 0.4) is 0 Å². The quantitative estimate of drug-likeness (QED) is 0.780. The van der Waals surface area contributed by atoms with Crippen LogP contribution in [0.1, 0.15) is 43.0 Å². The predicted molar refractivity (Wildman–Crippen MR) is 69.0 cm³/mol. The van der Waals surface area contributed by atoms with Crippen molar-refractivity contribution in [2.45, 2.75) is 32.6 Å². The van der Waals surface area contributed by atoms with Crippen LogP contribution in [0, 0.1) is 5.92 Å². The second kappa shape index (κ2) is 5.62. The summed E-state index contributed by atoms with van der Waals surface area (Å²) in [5, 5.41) is 4.26. The molecule has 1 N–H and O–H groups in total. The smallest absolute Gasteiger partial charge is 0.267 e. The van der Waals surface area contributed by atoms with Gasteiger partial charge in [-0.1, -0.05) is 31.5 Å². The van der Waals surface area contributed by atoms with Crippen molar-refractivity contribution in [1.82, 2.24) is 5.43 Å². The van der Waals surface area contributed by atoms with Gasteiger partial charge < -0.3 is 0 Å². The Morgan fingerprint density at radius 1 is 1.29 bits per heavy atom. The summed E-state index contributed by atoms with van der Waals surface area (Å²) >= 11 is 0. The molecular formula is C14H18N2O. The maximum atomic E-state index is 11.8. The number of nitrogens with zero attached hydrogens (tertiary/aromatic N) is 1. The SMILES string of the molecule is C[C@@H]1CCCC/C1=N\NC(=O)c1ccccc1. The molecule has 0 bridgehead atoms. The summed E-state index contributed by atoms with van der Waals surface area (Å²) in [4.78, 5) is 11.8. The van der Waals surface area contributed by atoms with Gasteiger partial charge in [-0.2, -0.15) is 5.10 Å². The Bertz CT molecular complexity index is 411. The van der Waals surface area contributed by atoms with Crippen molar-refractivity contribution < 1.29 is 4.79 Å². The summed E-state index contributed by atoms with van der Waals surface area (Å²) < 4.78 is 0. The fraction of sp³-hybridized carbons (Fsp3) is 0.429. The molecule has 0 aromatic heterocycles. The van der Waals surface area contributed by atoms with Gasteiger partial charge >= 0.3 is 0 Å². The van der Waals surface area contributed by atoms with E-state index in [9.17, 15) is 4.79 Å². The van der Waals surface area contributed by atoms with Crippen LogP contribution in [-0.4, -0.2) is 11.6 Å². The molecule has 1 saturated carbocycles. The predicted octanol–water partition coefficient (Wildman–Crippen LogP) is 2.98. The van der Waals surface area contributed by atoms with Crippen molar-refractivity contribution in [3.63, 3.8) is 0 Å². The van der Waals surface area contributed by atoms with E-state index in [1.165, 1.54) is 19.3 Å². The van der Waals surface area contributed by atoms with Gasteiger partial charge in [0.2, 0.25) is 0 Å². The minimum atomic E-state index is -0.129. The number of amides is 1. The molecule has 3 heteroatoms. The summed E-state index contributed by atoms with van der Waals surface area (Å²) in [6, 6.07) is 9.18. The molecule has 90 valence electrons. The molecule has 0 aliphatic heterocycles. The maximum Gasteiger partial charge on any atom is 0.271 e. The standard InChI is InChI=1S/C14H18N2O/c1-11-7-5-6-10-13(11)15-16-14(17)12-8-3-2-4-9-12/h2-4,8-9,11H,5-7,10H2,1H3,(H,16,17)/b15-13+/t11-/m1/s1. The Balaban J connectivity index is 1.97. The van der Waals surface area contributed by atoms with E-state index in [4.69, 9.17) is 0 Å². The molecule has 0 saturated heterocycles. The zero-order valence-electron chi connectivity index (χ0n) is 10.1. The van der Waals surface area contributed by atoms with Crippen molar-refractivity contribution in [3.05, 3.63) is 35.9 Å². The first-order valence-electron chi connectivity index (χ1n) is 6.19. The molecule has 3 nitrogen and oxygen atoms in total. The van der Waals surface area contributed by atoms with Crippen LogP contribution in [0.25, 0.3) is 0 Å². The average Bonchev–Trinajstić information content (AvgIpc) is 2.38. The van der Waals surface area contributed by atoms with E-state index in [2.05, 4.69) is 17.5 Å². The molecule has 0 spiro atoms. The topological polar surface area (TPSA) is 41.5 Å². The second-order valence-corrected chi connectivity index (χ2v) is 4.56. The van der Waals surface area contributed by atoms with Crippen LogP contribution in [0.15, 0.2) is 35.4 Å². The molecule has 0 unspecified atom stereocenters. The lowest BCUT2D eigenvalue weighted by Gasteiger charge is -2.19. The third-order valence-electron chi connectivity index (χ3n) is 3.23. The third-order valence-corrected chi connectivity index (χ3v) is 3.23. The second-order valence-electron chi connectivity index (χ2n) is 4.56. The molecule has 0 radical (unpaired) electrons. The van der Waals surface area contributed by atoms with Crippen LogP contribution in [-0.2, 0) is 0 Å². The van der Waals surface area contributed by atoms with Gasteiger partial charge in [-0.15, -0.1) is 0 Å². The third kappa shape index (κ3) is 3.16. The lowest BCUT2D eigenvalue weighted by Crippen LogP contribution is -2.24. The molecule has 1 aromatic carbocycles. The summed E-state index contributed by atoms with van der Waals surface area (Å²) in [6.45, 7) is 2.17. The van der Waals surface area contributed by atoms with Crippen molar-refractivity contribution in [1.29, 1.82) is 0 Å². The van der Waals surface area contributed by atoms with Crippen molar-refractivity contribution >= 4 is 11.6 Å². The number of rotatable bonds is 2. The van der Waals surface area contributed by atoms with Gasteiger partial charge in [-0.3, -0.25) is 4.79 Å². The summed E-state index contributed by atoms with van der Waals surface area (Å²) in [5.74, 6) is 0.371. The van der Waals surface area contributed by atoms with Crippen LogP contribution < -0.4 is 5.43 Å². The summed E-state index contributed by atoms with van der Waals surface area (Å²) in [5.41, 5.74) is 4.43. The highest BCUT2D eigenvalue weighted by molar-refractivity contribution is 5.95. The minimum absolute atomic E-state index is 0.129. The molecule has 1 aliphatic carbocycles. The number of carbonyl (C=O) groups excluding carboxylic acids is 1. The van der Waals surface area contributed by atoms with Crippen molar-refractivity contribution in [2.24, 2.45) is 11.0 Å². The number of hydrazone groups is 1.